The van der Waals surface area contributed by atoms with Gasteiger partial charge in [-0.05, 0) is 18.9 Å². The van der Waals surface area contributed by atoms with Crippen LogP contribution < -0.4 is 5.32 Å². The highest BCUT2D eigenvalue weighted by atomic mass is 16.6. The Morgan fingerprint density at radius 3 is 2.40 bits per heavy atom. The van der Waals surface area contributed by atoms with Gasteiger partial charge in [-0.2, -0.15) is 0 Å². The van der Waals surface area contributed by atoms with Crippen molar-refractivity contribution in [2.24, 2.45) is 0 Å². The molecule has 10 heteroatoms. The number of carbonyl (C=O) groups excluding carboxylic acids is 1. The van der Waals surface area contributed by atoms with Crippen molar-refractivity contribution in [2.45, 2.75) is 25.8 Å². The highest BCUT2D eigenvalue weighted by molar-refractivity contribution is 6.06. The van der Waals surface area contributed by atoms with Crippen molar-refractivity contribution in [3.63, 3.8) is 0 Å². The fourth-order valence-electron chi connectivity index (χ4n) is 3.49. The summed E-state index contributed by atoms with van der Waals surface area (Å²) in [6.07, 6.45) is 5.01. The van der Waals surface area contributed by atoms with Gasteiger partial charge in [0.1, 0.15) is 5.82 Å². The molecule has 10 nitrogen and oxygen atoms in total. The zero-order valence-corrected chi connectivity index (χ0v) is 15.8. The van der Waals surface area contributed by atoms with Crippen LogP contribution in [0.5, 0.6) is 0 Å². The summed E-state index contributed by atoms with van der Waals surface area (Å²) >= 11 is 0. The second kappa shape index (κ2) is 7.74. The molecule has 3 aromatic rings. The van der Waals surface area contributed by atoms with Gasteiger partial charge in [0.05, 0.1) is 32.9 Å². The number of nitro groups is 2. The minimum atomic E-state index is -0.770. The zero-order valence-electron chi connectivity index (χ0n) is 15.8. The van der Waals surface area contributed by atoms with E-state index in [-0.39, 0.29) is 5.56 Å². The Bertz CT molecular complexity index is 1110. The van der Waals surface area contributed by atoms with Crippen molar-refractivity contribution >= 4 is 23.0 Å². The third kappa shape index (κ3) is 3.75. The first kappa shape index (κ1) is 19.2. The van der Waals surface area contributed by atoms with Crippen molar-refractivity contribution < 1.29 is 14.6 Å². The molecule has 0 saturated carbocycles. The summed E-state index contributed by atoms with van der Waals surface area (Å²) in [6.45, 7) is 0.897. The molecule has 1 aliphatic heterocycles. The molecule has 2 heterocycles. The number of carbonyl (C=O) groups is 1. The van der Waals surface area contributed by atoms with Crippen LogP contribution in [0.1, 0.15) is 29.0 Å². The lowest BCUT2D eigenvalue weighted by Gasteiger charge is -2.11. The van der Waals surface area contributed by atoms with Crippen LogP contribution in [-0.4, -0.2) is 25.3 Å². The van der Waals surface area contributed by atoms with Crippen molar-refractivity contribution in [3.8, 4) is 11.3 Å². The van der Waals surface area contributed by atoms with Crippen molar-refractivity contribution in [3.05, 3.63) is 80.3 Å². The van der Waals surface area contributed by atoms with Gasteiger partial charge in [0.25, 0.3) is 17.3 Å². The Morgan fingerprint density at radius 1 is 1.03 bits per heavy atom. The molecular formula is C20H17N5O5. The normalized spacial score (nSPS) is 12.8. The molecule has 0 fully saturated rings. The Labute approximate surface area is 170 Å². The second-order valence-electron chi connectivity index (χ2n) is 6.94. The van der Waals surface area contributed by atoms with E-state index in [1.165, 1.54) is 0 Å². The summed E-state index contributed by atoms with van der Waals surface area (Å²) in [5, 5.41) is 24.9. The van der Waals surface area contributed by atoms with Crippen LogP contribution >= 0.6 is 0 Å². The monoisotopic (exact) mass is 407 g/mol. The number of amides is 1. The largest absolute Gasteiger partial charge is 0.334 e. The Kier molecular flexibility index (Phi) is 4.97. The molecule has 0 radical (unpaired) electrons. The van der Waals surface area contributed by atoms with E-state index in [2.05, 4.69) is 14.9 Å². The van der Waals surface area contributed by atoms with Crippen LogP contribution in [0.25, 0.3) is 11.3 Å². The molecule has 1 aromatic heterocycles. The molecule has 1 N–H and O–H groups in total. The molecule has 0 aliphatic carbocycles. The molecule has 30 heavy (non-hydrogen) atoms. The number of para-hydroxylation sites is 1. The number of nitrogens with zero attached hydrogens (tertiary/aromatic N) is 4. The third-order valence-corrected chi connectivity index (χ3v) is 4.95. The highest BCUT2D eigenvalue weighted by Gasteiger charge is 2.21. The number of non-ortho nitro benzene ring substituents is 2. The smallest absolute Gasteiger partial charge is 0.277 e. The molecule has 4 rings (SSSR count). The zero-order chi connectivity index (χ0) is 21.3. The first-order valence-corrected chi connectivity index (χ1v) is 9.33. The number of nitrogens with one attached hydrogen (secondary N) is 1. The number of benzene rings is 2. The van der Waals surface area contributed by atoms with Crippen LogP contribution in [0, 0.1) is 20.2 Å². The lowest BCUT2D eigenvalue weighted by atomic mass is 10.1. The lowest BCUT2D eigenvalue weighted by Crippen LogP contribution is -2.13. The lowest BCUT2D eigenvalue weighted by molar-refractivity contribution is -0.394. The molecule has 0 spiro atoms. The number of anilines is 1. The van der Waals surface area contributed by atoms with Crippen LogP contribution in [-0.2, 0) is 13.0 Å². The molecule has 152 valence electrons. The van der Waals surface area contributed by atoms with Gasteiger partial charge in [0.2, 0.25) is 0 Å². The number of imidazole rings is 1. The second-order valence-corrected chi connectivity index (χ2v) is 6.94. The Hall–Kier alpha value is -4.08. The number of aromatic nitrogens is 2. The van der Waals surface area contributed by atoms with Crippen molar-refractivity contribution in [2.75, 3.05) is 5.32 Å². The maximum absolute atomic E-state index is 12.8. The van der Waals surface area contributed by atoms with E-state index in [1.54, 1.807) is 12.1 Å². The first-order valence-electron chi connectivity index (χ1n) is 9.33. The highest BCUT2D eigenvalue weighted by Crippen LogP contribution is 2.30. The molecule has 2 aromatic carbocycles. The summed E-state index contributed by atoms with van der Waals surface area (Å²) in [6, 6.07) is 9.92. The van der Waals surface area contributed by atoms with Gasteiger partial charge in [-0.25, -0.2) is 4.98 Å². The van der Waals surface area contributed by atoms with Gasteiger partial charge in [-0.3, -0.25) is 25.0 Å². The number of nitro benzene ring substituents is 2. The SMILES string of the molecule is O=C(Nc1ccccc1-c1cn2c(n1)CCCC2)c1cc([N+](=O)[O-])cc([N+](=O)[O-])c1. The van der Waals surface area contributed by atoms with Crippen LogP contribution in [0.3, 0.4) is 0 Å². The average molecular weight is 407 g/mol. The summed E-state index contributed by atoms with van der Waals surface area (Å²) in [5.41, 5.74) is 0.663. The van der Waals surface area contributed by atoms with E-state index in [1.807, 2.05) is 18.3 Å². The van der Waals surface area contributed by atoms with Gasteiger partial charge in [0, 0.05) is 36.9 Å². The first-order chi connectivity index (χ1) is 14.4. The molecular weight excluding hydrogens is 390 g/mol. The fraction of sp³-hybridized carbons (Fsp3) is 0.200. The van der Waals surface area contributed by atoms with E-state index >= 15 is 0 Å². The van der Waals surface area contributed by atoms with Gasteiger partial charge in [-0.1, -0.05) is 18.2 Å². The Morgan fingerprint density at radius 2 is 1.73 bits per heavy atom. The molecule has 0 atom stereocenters. The van der Waals surface area contributed by atoms with E-state index in [9.17, 15) is 25.0 Å². The Balaban J connectivity index is 1.67. The van der Waals surface area contributed by atoms with E-state index in [4.69, 9.17) is 0 Å². The average Bonchev–Trinajstić information content (AvgIpc) is 3.17. The number of hydrogen-bond acceptors (Lipinski definition) is 6. The third-order valence-electron chi connectivity index (χ3n) is 4.95. The minimum absolute atomic E-state index is 0.171. The summed E-state index contributed by atoms with van der Waals surface area (Å²) in [5.74, 6) is 0.310. The number of fused-ring (bicyclic) bond motifs is 1. The molecule has 1 amide bonds. The predicted molar refractivity (Wildman–Crippen MR) is 108 cm³/mol. The topological polar surface area (TPSA) is 133 Å². The van der Waals surface area contributed by atoms with E-state index in [0.29, 0.717) is 16.9 Å². The minimum Gasteiger partial charge on any atom is -0.334 e. The molecule has 0 bridgehead atoms. The summed E-state index contributed by atoms with van der Waals surface area (Å²) in [7, 11) is 0. The quantitative estimate of drug-likeness (QED) is 0.503. The van der Waals surface area contributed by atoms with Crippen LogP contribution in [0.4, 0.5) is 17.1 Å². The van der Waals surface area contributed by atoms with Gasteiger partial charge in [0.15, 0.2) is 0 Å². The van der Waals surface area contributed by atoms with Crippen molar-refractivity contribution in [1.29, 1.82) is 0 Å². The van der Waals surface area contributed by atoms with Crippen molar-refractivity contribution in [1.82, 2.24) is 9.55 Å². The van der Waals surface area contributed by atoms with Gasteiger partial charge < -0.3 is 9.88 Å². The van der Waals surface area contributed by atoms with Crippen LogP contribution in [0.2, 0.25) is 0 Å². The maximum Gasteiger partial charge on any atom is 0.277 e. The fourth-order valence-corrected chi connectivity index (χ4v) is 3.49. The van der Waals surface area contributed by atoms with E-state index < -0.39 is 27.1 Å². The maximum atomic E-state index is 12.8. The van der Waals surface area contributed by atoms with Crippen LogP contribution in [0.15, 0.2) is 48.7 Å². The number of rotatable bonds is 5. The van der Waals surface area contributed by atoms with E-state index in [0.717, 1.165) is 49.8 Å². The standard InChI is InChI=1S/C20H17N5O5/c26-20(13-9-14(24(27)28)11-15(10-13)25(29)30)22-17-6-2-1-5-16(17)18-12-23-8-4-3-7-19(23)21-18/h1-2,5-6,9-12H,3-4,7-8H2,(H,22,26). The molecule has 0 unspecified atom stereocenters. The summed E-state index contributed by atoms with van der Waals surface area (Å²) in [4.78, 5) is 38.1. The van der Waals surface area contributed by atoms with Gasteiger partial charge >= 0.3 is 0 Å². The number of aryl methyl sites for hydroxylation is 2. The van der Waals surface area contributed by atoms with Gasteiger partial charge in [-0.15, -0.1) is 0 Å². The molecule has 1 aliphatic rings. The molecule has 0 saturated heterocycles. The predicted octanol–water partition coefficient (Wildman–Crippen LogP) is 3.96. The summed E-state index contributed by atoms with van der Waals surface area (Å²) < 4.78 is 2.10. The number of hydrogen-bond donors (Lipinski definition) is 1.